The predicted molar refractivity (Wildman–Crippen MR) is 218 cm³/mol. The lowest BCUT2D eigenvalue weighted by Gasteiger charge is -2.26. The molecule has 250 valence electrons. The Bertz CT molecular complexity index is 2860. The minimum atomic E-state index is 0.582. The molecule has 0 saturated heterocycles. The van der Waals surface area contributed by atoms with E-state index in [4.69, 9.17) is 13.8 Å². The van der Waals surface area contributed by atoms with Crippen molar-refractivity contribution in [1.82, 2.24) is 4.98 Å². The van der Waals surface area contributed by atoms with E-state index in [9.17, 15) is 0 Å². The van der Waals surface area contributed by atoms with Crippen molar-refractivity contribution in [2.24, 2.45) is 0 Å². The van der Waals surface area contributed by atoms with Gasteiger partial charge in [0.15, 0.2) is 5.58 Å². The molecule has 0 spiro atoms. The van der Waals surface area contributed by atoms with Crippen molar-refractivity contribution in [3.05, 3.63) is 194 Å². The number of para-hydroxylation sites is 1. The zero-order valence-corrected chi connectivity index (χ0v) is 28.7. The van der Waals surface area contributed by atoms with Crippen LogP contribution in [0.1, 0.15) is 0 Å². The van der Waals surface area contributed by atoms with Crippen molar-refractivity contribution >= 4 is 50.1 Å². The zero-order chi connectivity index (χ0) is 35.1. The number of anilines is 3. The Morgan fingerprint density at radius 2 is 0.906 bits per heavy atom. The Morgan fingerprint density at radius 1 is 0.358 bits per heavy atom. The maximum absolute atomic E-state index is 6.59. The van der Waals surface area contributed by atoms with E-state index >= 15 is 0 Å². The van der Waals surface area contributed by atoms with Gasteiger partial charge in [-0.2, -0.15) is 0 Å². The van der Waals surface area contributed by atoms with Crippen LogP contribution in [0, 0.1) is 0 Å². The summed E-state index contributed by atoms with van der Waals surface area (Å²) in [5, 5.41) is 2.05. The number of hydrogen-bond donors (Lipinski definition) is 0. The Balaban J connectivity index is 1.12. The summed E-state index contributed by atoms with van der Waals surface area (Å²) in [7, 11) is 0. The second-order valence-corrected chi connectivity index (χ2v) is 13.2. The molecule has 2 heterocycles. The molecule has 0 atom stereocenters. The number of oxazole rings is 1. The Morgan fingerprint density at radius 3 is 1.58 bits per heavy atom. The molecular formula is C49H32N2O2. The maximum atomic E-state index is 6.59. The molecule has 10 aromatic rings. The van der Waals surface area contributed by atoms with Crippen LogP contribution in [0.4, 0.5) is 17.1 Å². The van der Waals surface area contributed by atoms with Gasteiger partial charge in [-0.3, -0.25) is 0 Å². The number of nitrogens with zero attached hydrogens (tertiary/aromatic N) is 2. The Hall–Kier alpha value is -7.17. The van der Waals surface area contributed by atoms with Gasteiger partial charge < -0.3 is 13.7 Å². The molecule has 0 radical (unpaired) electrons. The van der Waals surface area contributed by atoms with Crippen molar-refractivity contribution < 1.29 is 8.83 Å². The van der Waals surface area contributed by atoms with Crippen LogP contribution in [-0.4, -0.2) is 4.98 Å². The first-order valence-electron chi connectivity index (χ1n) is 17.8. The highest BCUT2D eigenvalue weighted by Crippen LogP contribution is 2.44. The molecule has 2 aromatic heterocycles. The number of aromatic nitrogens is 1. The smallest absolute Gasteiger partial charge is 0.227 e. The van der Waals surface area contributed by atoms with Gasteiger partial charge in [-0.1, -0.05) is 133 Å². The van der Waals surface area contributed by atoms with Crippen LogP contribution in [-0.2, 0) is 0 Å². The number of fused-ring (bicyclic) bond motifs is 4. The second-order valence-electron chi connectivity index (χ2n) is 13.2. The third kappa shape index (κ3) is 5.54. The fraction of sp³-hybridized carbons (Fsp3) is 0. The molecule has 4 nitrogen and oxygen atoms in total. The fourth-order valence-corrected chi connectivity index (χ4v) is 7.33. The molecule has 0 saturated carbocycles. The molecule has 0 aliphatic carbocycles. The topological polar surface area (TPSA) is 42.4 Å². The molecular weight excluding hydrogens is 649 g/mol. The number of benzene rings is 8. The zero-order valence-electron chi connectivity index (χ0n) is 28.7. The summed E-state index contributed by atoms with van der Waals surface area (Å²) in [6, 6.07) is 67.5. The van der Waals surface area contributed by atoms with E-state index in [0.717, 1.165) is 72.4 Å². The molecule has 0 aliphatic rings. The fourth-order valence-electron chi connectivity index (χ4n) is 7.33. The Kier molecular flexibility index (Phi) is 7.43. The highest BCUT2D eigenvalue weighted by molar-refractivity contribution is 6.16. The highest BCUT2D eigenvalue weighted by Gasteiger charge is 2.22. The summed E-state index contributed by atoms with van der Waals surface area (Å²) in [4.78, 5) is 7.38. The van der Waals surface area contributed by atoms with Crippen LogP contribution < -0.4 is 4.90 Å². The SMILES string of the molecule is c1ccc(-c2ccc(N(c3ccc(-c4c5nc(-c6ccccc6)oc5cc5c4oc4ccccc45)cc3)c3cccc(-c4ccccc4)c3)cc2)cc1. The first kappa shape index (κ1) is 30.6. The maximum Gasteiger partial charge on any atom is 0.227 e. The van der Waals surface area contributed by atoms with Crippen LogP contribution in [0.5, 0.6) is 0 Å². The van der Waals surface area contributed by atoms with Crippen molar-refractivity contribution in [2.45, 2.75) is 0 Å². The quantitative estimate of drug-likeness (QED) is 0.168. The van der Waals surface area contributed by atoms with Crippen molar-refractivity contribution in [1.29, 1.82) is 0 Å². The molecule has 0 bridgehead atoms. The lowest BCUT2D eigenvalue weighted by Crippen LogP contribution is -2.10. The molecule has 53 heavy (non-hydrogen) atoms. The number of rotatable bonds is 7. The van der Waals surface area contributed by atoms with Crippen molar-refractivity contribution in [3.8, 4) is 44.8 Å². The van der Waals surface area contributed by atoms with Gasteiger partial charge in [-0.15, -0.1) is 0 Å². The number of furan rings is 1. The standard InChI is InChI=1S/C49H32N2O2/c1-4-13-33(14-5-1)35-23-27-39(28-24-35)51(41-20-12-19-38(31-41)34-15-6-2-7-16-34)40-29-25-36(26-30-40)46-47-45(53-49(50-47)37-17-8-3-9-18-37)32-43-42-21-10-11-22-44(42)52-48(43)46/h1-32H. The molecule has 0 N–H and O–H groups in total. The first-order chi connectivity index (χ1) is 26.3. The van der Waals surface area contributed by atoms with Crippen LogP contribution in [0.3, 0.4) is 0 Å². The van der Waals surface area contributed by atoms with Crippen molar-refractivity contribution in [3.63, 3.8) is 0 Å². The highest BCUT2D eigenvalue weighted by atomic mass is 16.4. The van der Waals surface area contributed by atoms with Crippen molar-refractivity contribution in [2.75, 3.05) is 4.90 Å². The van der Waals surface area contributed by atoms with E-state index in [1.807, 2.05) is 54.6 Å². The lowest BCUT2D eigenvalue weighted by molar-refractivity contribution is 0.620. The summed E-state index contributed by atoms with van der Waals surface area (Å²) >= 11 is 0. The largest absolute Gasteiger partial charge is 0.455 e. The van der Waals surface area contributed by atoms with Gasteiger partial charge in [0.2, 0.25) is 5.89 Å². The molecule has 0 aliphatic heterocycles. The summed E-state index contributed by atoms with van der Waals surface area (Å²) in [5.74, 6) is 0.582. The average Bonchev–Trinajstić information content (AvgIpc) is 3.83. The van der Waals surface area contributed by atoms with Gasteiger partial charge >= 0.3 is 0 Å². The first-order valence-corrected chi connectivity index (χ1v) is 17.8. The molecule has 0 amide bonds. The van der Waals surface area contributed by atoms with Gasteiger partial charge in [0, 0.05) is 33.4 Å². The third-order valence-corrected chi connectivity index (χ3v) is 9.91. The van der Waals surface area contributed by atoms with Crippen LogP contribution in [0.15, 0.2) is 203 Å². The molecule has 4 heteroatoms. The van der Waals surface area contributed by atoms with Crippen LogP contribution in [0.2, 0.25) is 0 Å². The summed E-state index contributed by atoms with van der Waals surface area (Å²) in [6.45, 7) is 0. The summed E-state index contributed by atoms with van der Waals surface area (Å²) in [6.07, 6.45) is 0. The van der Waals surface area contributed by atoms with E-state index in [-0.39, 0.29) is 0 Å². The summed E-state index contributed by atoms with van der Waals surface area (Å²) in [5.41, 5.74) is 13.8. The second kappa shape index (κ2) is 12.9. The van der Waals surface area contributed by atoms with E-state index in [1.54, 1.807) is 0 Å². The third-order valence-electron chi connectivity index (χ3n) is 9.91. The van der Waals surface area contributed by atoms with Gasteiger partial charge in [0.1, 0.15) is 16.7 Å². The minimum Gasteiger partial charge on any atom is -0.455 e. The Labute approximate surface area is 306 Å². The van der Waals surface area contributed by atoms with E-state index in [0.29, 0.717) is 5.89 Å². The minimum absolute atomic E-state index is 0.582. The van der Waals surface area contributed by atoms with E-state index in [2.05, 4.69) is 144 Å². The van der Waals surface area contributed by atoms with Gasteiger partial charge in [-0.05, 0) is 88.5 Å². The summed E-state index contributed by atoms with van der Waals surface area (Å²) < 4.78 is 13.0. The van der Waals surface area contributed by atoms with Crippen LogP contribution >= 0.6 is 0 Å². The number of hydrogen-bond acceptors (Lipinski definition) is 4. The molecule has 0 unspecified atom stereocenters. The monoisotopic (exact) mass is 680 g/mol. The molecule has 10 rings (SSSR count). The van der Waals surface area contributed by atoms with Crippen LogP contribution in [0.25, 0.3) is 77.9 Å². The van der Waals surface area contributed by atoms with Gasteiger partial charge in [-0.25, -0.2) is 4.98 Å². The van der Waals surface area contributed by atoms with Gasteiger partial charge in [0.25, 0.3) is 0 Å². The van der Waals surface area contributed by atoms with E-state index < -0.39 is 0 Å². The predicted octanol–water partition coefficient (Wildman–Crippen LogP) is 13.9. The molecule has 0 fully saturated rings. The average molecular weight is 681 g/mol. The molecule has 8 aromatic carbocycles. The lowest BCUT2D eigenvalue weighted by atomic mass is 9.99. The van der Waals surface area contributed by atoms with E-state index in [1.165, 1.54) is 16.7 Å². The normalized spacial score (nSPS) is 11.4. The van der Waals surface area contributed by atoms with Gasteiger partial charge in [0.05, 0.1) is 5.56 Å².